The van der Waals surface area contributed by atoms with Crippen molar-refractivity contribution in [2.45, 2.75) is 17.5 Å². The monoisotopic (exact) mass is 312 g/mol. The summed E-state index contributed by atoms with van der Waals surface area (Å²) in [6.07, 6.45) is 0. The van der Waals surface area contributed by atoms with Crippen LogP contribution in [-0.2, 0) is 16.6 Å². The summed E-state index contributed by atoms with van der Waals surface area (Å²) < 4.78 is 27.3. The molecule has 0 aromatic heterocycles. The number of nitrogens with two attached hydrogens (primary N) is 1. The lowest BCUT2D eigenvalue weighted by atomic mass is 10.2. The summed E-state index contributed by atoms with van der Waals surface area (Å²) in [6, 6.07) is 6.88. The first-order valence-corrected chi connectivity index (χ1v) is 8.58. The van der Waals surface area contributed by atoms with E-state index in [4.69, 9.17) is 5.73 Å². The molecule has 7 heteroatoms. The molecule has 0 radical (unpaired) electrons. The normalized spacial score (nSPS) is 21.6. The topological polar surface area (TPSA) is 78.7 Å². The van der Waals surface area contributed by atoms with Gasteiger partial charge in [0.25, 0.3) is 0 Å². The SMILES string of the molecule is CN1CCN(C)C(CNS(=O)(=O)c2ccc(CN)cc2)C1. The molecule has 3 N–H and O–H groups in total. The lowest BCUT2D eigenvalue weighted by Gasteiger charge is -2.37. The van der Waals surface area contributed by atoms with Gasteiger partial charge < -0.3 is 10.6 Å². The van der Waals surface area contributed by atoms with Gasteiger partial charge in [-0.15, -0.1) is 0 Å². The predicted molar refractivity (Wildman–Crippen MR) is 83.4 cm³/mol. The summed E-state index contributed by atoms with van der Waals surface area (Å²) in [5, 5.41) is 0. The van der Waals surface area contributed by atoms with E-state index in [2.05, 4.69) is 21.6 Å². The van der Waals surface area contributed by atoms with Gasteiger partial charge in [-0.3, -0.25) is 4.90 Å². The Morgan fingerprint density at radius 1 is 1.24 bits per heavy atom. The average Bonchev–Trinajstić information content (AvgIpc) is 2.48. The van der Waals surface area contributed by atoms with Gasteiger partial charge in [0.15, 0.2) is 0 Å². The lowest BCUT2D eigenvalue weighted by molar-refractivity contribution is 0.117. The Hall–Kier alpha value is -0.990. The van der Waals surface area contributed by atoms with Crippen LogP contribution >= 0.6 is 0 Å². The molecule has 118 valence electrons. The fourth-order valence-corrected chi connectivity index (χ4v) is 3.49. The highest BCUT2D eigenvalue weighted by Gasteiger charge is 2.24. The van der Waals surface area contributed by atoms with Crippen molar-refractivity contribution in [3.8, 4) is 0 Å². The Morgan fingerprint density at radius 3 is 2.52 bits per heavy atom. The van der Waals surface area contributed by atoms with Gasteiger partial charge in [0.1, 0.15) is 0 Å². The van der Waals surface area contributed by atoms with E-state index in [-0.39, 0.29) is 10.9 Å². The van der Waals surface area contributed by atoms with E-state index < -0.39 is 10.0 Å². The van der Waals surface area contributed by atoms with Crippen molar-refractivity contribution in [2.75, 3.05) is 40.3 Å². The molecule has 0 spiro atoms. The molecule has 0 amide bonds. The highest BCUT2D eigenvalue weighted by atomic mass is 32.2. The molecule has 1 saturated heterocycles. The Bertz CT molecular complexity index is 559. The van der Waals surface area contributed by atoms with Gasteiger partial charge in [-0.25, -0.2) is 13.1 Å². The molecule has 1 heterocycles. The van der Waals surface area contributed by atoms with Crippen LogP contribution in [0.3, 0.4) is 0 Å². The van der Waals surface area contributed by atoms with Crippen molar-refractivity contribution in [1.29, 1.82) is 0 Å². The molecule has 1 atom stereocenters. The van der Waals surface area contributed by atoms with Crippen molar-refractivity contribution in [1.82, 2.24) is 14.5 Å². The molecule has 2 rings (SSSR count). The number of sulfonamides is 1. The van der Waals surface area contributed by atoms with Crippen molar-refractivity contribution >= 4 is 10.0 Å². The Balaban J connectivity index is 2.00. The van der Waals surface area contributed by atoms with E-state index in [0.29, 0.717) is 13.1 Å². The molecular formula is C14H24N4O2S. The van der Waals surface area contributed by atoms with Crippen LogP contribution in [0.4, 0.5) is 0 Å². The van der Waals surface area contributed by atoms with E-state index in [1.54, 1.807) is 24.3 Å². The minimum atomic E-state index is -3.46. The second kappa shape index (κ2) is 6.85. The number of rotatable bonds is 5. The van der Waals surface area contributed by atoms with Gasteiger partial charge in [-0.1, -0.05) is 12.1 Å². The number of benzene rings is 1. The molecule has 1 aliphatic rings. The summed E-state index contributed by atoms with van der Waals surface area (Å²) in [5.74, 6) is 0. The Kier molecular flexibility index (Phi) is 5.34. The van der Waals surface area contributed by atoms with E-state index in [9.17, 15) is 8.42 Å². The van der Waals surface area contributed by atoms with Crippen molar-refractivity contribution in [3.63, 3.8) is 0 Å². The van der Waals surface area contributed by atoms with E-state index in [0.717, 1.165) is 25.2 Å². The van der Waals surface area contributed by atoms with Crippen LogP contribution in [0, 0.1) is 0 Å². The van der Waals surface area contributed by atoms with Crippen LogP contribution in [0.15, 0.2) is 29.2 Å². The number of hydrogen-bond donors (Lipinski definition) is 2. The molecule has 0 saturated carbocycles. The highest BCUT2D eigenvalue weighted by molar-refractivity contribution is 7.89. The standard InChI is InChI=1S/C14H24N4O2S/c1-17-7-8-18(2)13(11-17)10-16-21(19,20)14-5-3-12(9-15)4-6-14/h3-6,13,16H,7-11,15H2,1-2H3. The van der Waals surface area contributed by atoms with Gasteiger partial charge in [0.2, 0.25) is 10.0 Å². The largest absolute Gasteiger partial charge is 0.326 e. The van der Waals surface area contributed by atoms with Crippen LogP contribution < -0.4 is 10.5 Å². The zero-order valence-corrected chi connectivity index (χ0v) is 13.4. The van der Waals surface area contributed by atoms with Crippen molar-refractivity contribution < 1.29 is 8.42 Å². The zero-order chi connectivity index (χ0) is 15.5. The molecule has 1 unspecified atom stereocenters. The summed E-state index contributed by atoms with van der Waals surface area (Å²) >= 11 is 0. The molecular weight excluding hydrogens is 288 g/mol. The van der Waals surface area contributed by atoms with E-state index in [1.807, 2.05) is 7.05 Å². The first-order valence-electron chi connectivity index (χ1n) is 7.10. The van der Waals surface area contributed by atoms with E-state index in [1.165, 1.54) is 0 Å². The lowest BCUT2D eigenvalue weighted by Crippen LogP contribution is -2.54. The maximum Gasteiger partial charge on any atom is 0.240 e. The average molecular weight is 312 g/mol. The van der Waals surface area contributed by atoms with Gasteiger partial charge in [0, 0.05) is 38.8 Å². The van der Waals surface area contributed by atoms with Crippen molar-refractivity contribution in [2.24, 2.45) is 5.73 Å². The summed E-state index contributed by atoms with van der Waals surface area (Å²) in [5.41, 5.74) is 6.44. The smallest absolute Gasteiger partial charge is 0.240 e. The first-order chi connectivity index (χ1) is 9.92. The number of piperazine rings is 1. The molecule has 6 nitrogen and oxygen atoms in total. The molecule has 1 fully saturated rings. The Morgan fingerprint density at radius 2 is 1.90 bits per heavy atom. The minimum absolute atomic E-state index is 0.196. The first kappa shape index (κ1) is 16.4. The number of likely N-dealkylation sites (N-methyl/N-ethyl adjacent to an activating group) is 2. The molecule has 0 bridgehead atoms. The van der Waals surface area contributed by atoms with Gasteiger partial charge >= 0.3 is 0 Å². The number of nitrogens with one attached hydrogen (secondary N) is 1. The molecule has 1 aromatic carbocycles. The molecule has 21 heavy (non-hydrogen) atoms. The minimum Gasteiger partial charge on any atom is -0.326 e. The van der Waals surface area contributed by atoms with Crippen LogP contribution in [0.2, 0.25) is 0 Å². The molecule has 1 aliphatic heterocycles. The van der Waals surface area contributed by atoms with Crippen LogP contribution in [0.5, 0.6) is 0 Å². The summed E-state index contributed by atoms with van der Waals surface area (Å²) in [7, 11) is 0.624. The second-order valence-electron chi connectivity index (χ2n) is 5.60. The predicted octanol–water partition coefficient (Wildman–Crippen LogP) is -0.331. The maximum atomic E-state index is 12.3. The summed E-state index contributed by atoms with van der Waals surface area (Å²) in [4.78, 5) is 4.70. The van der Waals surface area contributed by atoms with Crippen LogP contribution in [-0.4, -0.2) is 64.5 Å². The van der Waals surface area contributed by atoms with Gasteiger partial charge in [-0.05, 0) is 31.8 Å². The third-order valence-electron chi connectivity index (χ3n) is 3.96. The summed E-state index contributed by atoms with van der Waals surface area (Å²) in [6.45, 7) is 3.66. The number of nitrogens with zero attached hydrogens (tertiary/aromatic N) is 2. The van der Waals surface area contributed by atoms with Gasteiger partial charge in [-0.2, -0.15) is 0 Å². The van der Waals surface area contributed by atoms with Crippen LogP contribution in [0.1, 0.15) is 5.56 Å². The van der Waals surface area contributed by atoms with Gasteiger partial charge in [0.05, 0.1) is 4.90 Å². The fourth-order valence-electron chi connectivity index (χ4n) is 2.42. The van der Waals surface area contributed by atoms with E-state index >= 15 is 0 Å². The maximum absolute atomic E-state index is 12.3. The second-order valence-corrected chi connectivity index (χ2v) is 7.36. The third kappa shape index (κ3) is 4.24. The molecule has 0 aliphatic carbocycles. The highest BCUT2D eigenvalue weighted by Crippen LogP contribution is 2.11. The molecule has 1 aromatic rings. The Labute approximate surface area is 127 Å². The third-order valence-corrected chi connectivity index (χ3v) is 5.40. The van der Waals surface area contributed by atoms with Crippen molar-refractivity contribution in [3.05, 3.63) is 29.8 Å². The number of hydrogen-bond acceptors (Lipinski definition) is 5. The van der Waals surface area contributed by atoms with Crippen LogP contribution in [0.25, 0.3) is 0 Å². The fraction of sp³-hybridized carbons (Fsp3) is 0.571. The quantitative estimate of drug-likeness (QED) is 0.778. The zero-order valence-electron chi connectivity index (χ0n) is 12.6.